The highest BCUT2D eigenvalue weighted by atomic mass is 31.2. The molecule has 0 aromatic carbocycles. The standard InChI is InChI=1S/C86H168O17P2/c1-6-10-13-16-19-22-25-28-30-32-33-35-40-45-50-55-60-65-70-84(89)97-76-82(103-86(91)72-67-62-57-52-47-42-37-36-39-43-48-53-58-63-68-79(5)9-4)78-101-105(94,95)99-74-80(87)73-98-104(92,93)100-77-81(75-96-83(88)69-64-59-54-49-44-38-27-24-21-18-15-12-8-3)102-85(90)71-66-61-56-51-46-41-34-31-29-26-23-20-17-14-11-7-2/h79-82,87H,6-78H2,1-5H3,(H,92,93)(H,94,95)/t79?,80-,81+,82+/m0/s1. The van der Waals surface area contributed by atoms with Gasteiger partial charge in [0.25, 0.3) is 0 Å². The van der Waals surface area contributed by atoms with Crippen molar-refractivity contribution in [3.63, 3.8) is 0 Å². The molecule has 0 aromatic rings. The maximum Gasteiger partial charge on any atom is 0.472 e. The van der Waals surface area contributed by atoms with Crippen LogP contribution in [-0.4, -0.2) is 96.7 Å². The van der Waals surface area contributed by atoms with Gasteiger partial charge in [0.1, 0.15) is 19.3 Å². The Kier molecular flexibility index (Phi) is 77.3. The molecule has 17 nitrogen and oxygen atoms in total. The van der Waals surface area contributed by atoms with Crippen LogP contribution < -0.4 is 0 Å². The van der Waals surface area contributed by atoms with E-state index in [4.69, 9.17) is 37.0 Å². The first kappa shape index (κ1) is 103. The summed E-state index contributed by atoms with van der Waals surface area (Å²) in [7, 11) is -9.93. The van der Waals surface area contributed by atoms with E-state index >= 15 is 0 Å². The van der Waals surface area contributed by atoms with Crippen LogP contribution in [0, 0.1) is 5.92 Å². The Labute approximate surface area is 645 Å². The molecule has 0 aliphatic heterocycles. The van der Waals surface area contributed by atoms with Crippen molar-refractivity contribution in [2.75, 3.05) is 39.6 Å². The number of unbranched alkanes of at least 4 members (excludes halogenated alkanes) is 57. The van der Waals surface area contributed by atoms with Crippen LogP contribution in [0.3, 0.4) is 0 Å². The number of carbonyl (C=O) groups is 4. The first-order valence-corrected chi connectivity index (χ1v) is 47.7. The van der Waals surface area contributed by atoms with Gasteiger partial charge < -0.3 is 33.8 Å². The van der Waals surface area contributed by atoms with Crippen LogP contribution >= 0.6 is 15.6 Å². The fourth-order valence-electron chi connectivity index (χ4n) is 13.4. The molecule has 0 radical (unpaired) electrons. The SMILES string of the molecule is CCCCCCCCCCCCCCCCCCCCC(=O)OC[C@H](COP(=O)(O)OC[C@@H](O)COP(=O)(O)OC[C@@H](COC(=O)CCCCCCCCCCCCCCC)OC(=O)CCCCCCCCCCCCCCCCCC)OC(=O)CCCCCCCCCCCCCCCCC(C)CC. The van der Waals surface area contributed by atoms with E-state index in [1.807, 2.05) is 0 Å². The van der Waals surface area contributed by atoms with E-state index in [0.717, 1.165) is 95.8 Å². The van der Waals surface area contributed by atoms with Crippen molar-refractivity contribution in [3.05, 3.63) is 0 Å². The molecular formula is C86H168O17P2. The summed E-state index contributed by atoms with van der Waals surface area (Å²) in [5.74, 6) is -1.25. The molecule has 0 spiro atoms. The van der Waals surface area contributed by atoms with Crippen LogP contribution in [0.2, 0.25) is 0 Å². The zero-order valence-corrected chi connectivity index (χ0v) is 70.7. The number of rotatable bonds is 86. The zero-order valence-electron chi connectivity index (χ0n) is 68.9. The molecule has 0 fully saturated rings. The number of phosphoric ester groups is 2. The van der Waals surface area contributed by atoms with Gasteiger partial charge in [0.15, 0.2) is 12.2 Å². The van der Waals surface area contributed by atoms with Crippen LogP contribution in [0.1, 0.15) is 465 Å². The summed E-state index contributed by atoms with van der Waals surface area (Å²) in [6.07, 6.45) is 71.9. The Morgan fingerprint density at radius 1 is 0.267 bits per heavy atom. The van der Waals surface area contributed by atoms with Crippen LogP contribution in [0.15, 0.2) is 0 Å². The Morgan fingerprint density at radius 3 is 0.676 bits per heavy atom. The van der Waals surface area contributed by atoms with E-state index in [2.05, 4.69) is 34.6 Å². The second kappa shape index (κ2) is 78.7. The van der Waals surface area contributed by atoms with Crippen molar-refractivity contribution in [3.8, 4) is 0 Å². The Hall–Kier alpha value is -1.94. The smallest absolute Gasteiger partial charge is 0.462 e. The van der Waals surface area contributed by atoms with Gasteiger partial charge in [0, 0.05) is 25.7 Å². The van der Waals surface area contributed by atoms with E-state index in [1.165, 1.54) is 289 Å². The predicted molar refractivity (Wildman–Crippen MR) is 432 cm³/mol. The van der Waals surface area contributed by atoms with E-state index in [0.29, 0.717) is 25.7 Å². The molecule has 0 bridgehead atoms. The lowest BCUT2D eigenvalue weighted by molar-refractivity contribution is -0.161. The molecule has 3 N–H and O–H groups in total. The number of aliphatic hydroxyl groups excluding tert-OH is 1. The van der Waals surface area contributed by atoms with Gasteiger partial charge in [-0.25, -0.2) is 9.13 Å². The average Bonchev–Trinajstić information content (AvgIpc) is 0.932. The minimum atomic E-state index is -4.97. The summed E-state index contributed by atoms with van der Waals surface area (Å²) < 4.78 is 69.0. The highest BCUT2D eigenvalue weighted by Gasteiger charge is 2.30. The lowest BCUT2D eigenvalue weighted by Gasteiger charge is -2.21. The lowest BCUT2D eigenvalue weighted by atomic mass is 9.99. The predicted octanol–water partition coefficient (Wildman–Crippen LogP) is 26.4. The number of aliphatic hydroxyl groups is 1. The molecule has 0 amide bonds. The normalized spacial score (nSPS) is 14.0. The van der Waals surface area contributed by atoms with Gasteiger partial charge in [-0.05, 0) is 31.6 Å². The van der Waals surface area contributed by atoms with Crippen LogP contribution in [0.5, 0.6) is 0 Å². The Bertz CT molecular complexity index is 2000. The summed E-state index contributed by atoms with van der Waals surface area (Å²) in [4.78, 5) is 73.3. The highest BCUT2D eigenvalue weighted by molar-refractivity contribution is 7.47. The molecular weight excluding hydrogens is 1370 g/mol. The van der Waals surface area contributed by atoms with Gasteiger partial charge in [0.2, 0.25) is 0 Å². The average molecular weight is 1540 g/mol. The third kappa shape index (κ3) is 78.5. The molecule has 6 atom stereocenters. The lowest BCUT2D eigenvalue weighted by Crippen LogP contribution is -2.30. The minimum Gasteiger partial charge on any atom is -0.462 e. The minimum absolute atomic E-state index is 0.109. The molecule has 0 aliphatic carbocycles. The van der Waals surface area contributed by atoms with E-state index in [-0.39, 0.29) is 25.7 Å². The molecule has 3 unspecified atom stereocenters. The third-order valence-electron chi connectivity index (χ3n) is 20.6. The molecule has 0 aromatic heterocycles. The topological polar surface area (TPSA) is 237 Å². The van der Waals surface area contributed by atoms with Crippen LogP contribution in [0.4, 0.5) is 0 Å². The number of hydrogen-bond acceptors (Lipinski definition) is 15. The highest BCUT2D eigenvalue weighted by Crippen LogP contribution is 2.45. The molecule has 0 heterocycles. The van der Waals surface area contributed by atoms with Gasteiger partial charge in [-0.15, -0.1) is 0 Å². The van der Waals surface area contributed by atoms with Gasteiger partial charge in [0.05, 0.1) is 26.4 Å². The molecule has 19 heteroatoms. The van der Waals surface area contributed by atoms with Crippen molar-refractivity contribution in [2.45, 2.75) is 483 Å². The second-order valence-electron chi connectivity index (χ2n) is 31.2. The monoisotopic (exact) mass is 1540 g/mol. The summed E-state index contributed by atoms with van der Waals surface area (Å²) in [5.41, 5.74) is 0. The largest absolute Gasteiger partial charge is 0.472 e. The van der Waals surface area contributed by atoms with Crippen molar-refractivity contribution >= 4 is 39.5 Å². The summed E-state index contributed by atoms with van der Waals surface area (Å²) in [5, 5.41) is 10.7. The first-order valence-electron chi connectivity index (χ1n) is 44.7. The van der Waals surface area contributed by atoms with Gasteiger partial charge in [-0.3, -0.25) is 37.3 Å². The Balaban J connectivity index is 5.27. The van der Waals surface area contributed by atoms with Gasteiger partial charge in [-0.2, -0.15) is 0 Å². The molecule has 0 rings (SSSR count). The van der Waals surface area contributed by atoms with Crippen molar-refractivity contribution in [2.24, 2.45) is 5.92 Å². The molecule has 624 valence electrons. The van der Waals surface area contributed by atoms with Crippen LogP contribution in [0.25, 0.3) is 0 Å². The number of esters is 4. The number of phosphoric acid groups is 2. The van der Waals surface area contributed by atoms with Crippen molar-refractivity contribution in [1.82, 2.24) is 0 Å². The quantitative estimate of drug-likeness (QED) is 0.0222. The van der Waals surface area contributed by atoms with Crippen molar-refractivity contribution < 1.29 is 80.2 Å². The maximum absolute atomic E-state index is 13.1. The van der Waals surface area contributed by atoms with Crippen molar-refractivity contribution in [1.29, 1.82) is 0 Å². The molecule has 0 saturated carbocycles. The fourth-order valence-corrected chi connectivity index (χ4v) is 15.0. The van der Waals surface area contributed by atoms with E-state index in [9.17, 15) is 43.2 Å². The number of carbonyl (C=O) groups excluding carboxylic acids is 4. The first-order chi connectivity index (χ1) is 51.1. The second-order valence-corrected chi connectivity index (χ2v) is 34.1. The van der Waals surface area contributed by atoms with E-state index < -0.39 is 97.5 Å². The van der Waals surface area contributed by atoms with Gasteiger partial charge in [-0.1, -0.05) is 413 Å². The summed E-state index contributed by atoms with van der Waals surface area (Å²) >= 11 is 0. The Morgan fingerprint density at radius 2 is 0.457 bits per heavy atom. The zero-order chi connectivity index (χ0) is 76.9. The van der Waals surface area contributed by atoms with Gasteiger partial charge >= 0.3 is 39.5 Å². The van der Waals surface area contributed by atoms with Crippen LogP contribution in [-0.2, 0) is 65.4 Å². The maximum atomic E-state index is 13.1. The molecule has 0 saturated heterocycles. The fraction of sp³-hybridized carbons (Fsp3) is 0.953. The number of ether oxygens (including phenoxy) is 4. The van der Waals surface area contributed by atoms with E-state index in [1.54, 1.807) is 0 Å². The molecule has 105 heavy (non-hydrogen) atoms. The molecule has 0 aliphatic rings. The third-order valence-corrected chi connectivity index (χ3v) is 22.5. The summed E-state index contributed by atoms with van der Waals surface area (Å²) in [6, 6.07) is 0. The number of hydrogen-bond donors (Lipinski definition) is 3. The summed E-state index contributed by atoms with van der Waals surface area (Å²) in [6.45, 7) is 7.43.